The van der Waals surface area contributed by atoms with Crippen molar-refractivity contribution in [1.29, 1.82) is 0 Å². The first kappa shape index (κ1) is 39.0. The molecule has 0 saturated heterocycles. The van der Waals surface area contributed by atoms with Crippen LogP contribution in [0.25, 0.3) is 128 Å². The van der Waals surface area contributed by atoms with Crippen molar-refractivity contribution in [1.82, 2.24) is 24.9 Å². The maximum atomic E-state index is 5.36. The van der Waals surface area contributed by atoms with Crippen LogP contribution < -0.4 is 0 Å². The van der Waals surface area contributed by atoms with Crippen LogP contribution in [0.4, 0.5) is 0 Å². The highest BCUT2D eigenvalue weighted by Crippen LogP contribution is 2.39. The third kappa shape index (κ3) is 6.77. The molecule has 5 heteroatoms. The zero-order chi connectivity index (χ0) is 44.1. The molecule has 66 heavy (non-hydrogen) atoms. The van der Waals surface area contributed by atoms with Gasteiger partial charge >= 0.3 is 0 Å². The smallest absolute Gasteiger partial charge is 0.164 e. The van der Waals surface area contributed by atoms with Crippen LogP contribution in [0, 0.1) is 6.92 Å². The van der Waals surface area contributed by atoms with Gasteiger partial charge in [0.2, 0.25) is 0 Å². The highest BCUT2D eigenvalue weighted by atomic mass is 15.0. The second-order valence-electron chi connectivity index (χ2n) is 16.8. The second kappa shape index (κ2) is 16.2. The van der Waals surface area contributed by atoms with Crippen molar-refractivity contribution >= 4 is 71.0 Å². The van der Waals surface area contributed by atoms with Crippen molar-refractivity contribution in [2.75, 3.05) is 0 Å². The Kier molecular flexibility index (Phi) is 9.53. The first-order chi connectivity index (χ1) is 32.6. The molecule has 0 unspecified atom stereocenters. The molecule has 0 N–H and O–H groups in total. The molecule has 12 rings (SSSR count). The predicted octanol–water partition coefficient (Wildman–Crippen LogP) is 15.8. The quantitative estimate of drug-likeness (QED) is 0.118. The van der Waals surface area contributed by atoms with E-state index < -0.39 is 0 Å². The van der Waals surface area contributed by atoms with Gasteiger partial charge in [-0.05, 0) is 110 Å². The summed E-state index contributed by atoms with van der Waals surface area (Å²) in [4.78, 5) is 26.4. The molecular weight excluding hydrogens is 803 g/mol. The molecule has 3 heterocycles. The topological polar surface area (TPSA) is 64.5 Å². The van der Waals surface area contributed by atoms with Crippen LogP contribution in [0.1, 0.15) is 18.2 Å². The average Bonchev–Trinajstić information content (AvgIpc) is 3.38. The van der Waals surface area contributed by atoms with E-state index in [0.29, 0.717) is 17.5 Å². The number of rotatable bonds is 7. The summed E-state index contributed by atoms with van der Waals surface area (Å²) in [7, 11) is 0. The summed E-state index contributed by atoms with van der Waals surface area (Å²) in [6.45, 7) is 4.13. The molecule has 0 radical (unpaired) electrons. The highest BCUT2D eigenvalue weighted by Gasteiger charge is 2.19. The van der Waals surface area contributed by atoms with Gasteiger partial charge in [0.15, 0.2) is 17.5 Å². The number of aromatic nitrogens is 5. The molecule has 5 nitrogen and oxygen atoms in total. The van der Waals surface area contributed by atoms with E-state index >= 15 is 0 Å². The third-order valence-electron chi connectivity index (χ3n) is 12.7. The zero-order valence-corrected chi connectivity index (χ0v) is 36.4. The van der Waals surface area contributed by atoms with Gasteiger partial charge in [-0.3, -0.25) is 0 Å². The van der Waals surface area contributed by atoms with E-state index in [1.165, 1.54) is 10.8 Å². The first-order valence-electron chi connectivity index (χ1n) is 22.4. The number of hydrogen-bond donors (Lipinski definition) is 0. The number of hydrogen-bond acceptors (Lipinski definition) is 5. The molecule has 12 aromatic rings. The Bertz CT molecular complexity index is 3820. The Labute approximate surface area is 382 Å². The summed E-state index contributed by atoms with van der Waals surface area (Å²) < 4.78 is 0. The van der Waals surface area contributed by atoms with Crippen molar-refractivity contribution in [3.8, 4) is 56.5 Å². The van der Waals surface area contributed by atoms with E-state index in [9.17, 15) is 0 Å². The van der Waals surface area contributed by atoms with Gasteiger partial charge in [0.25, 0.3) is 0 Å². The van der Waals surface area contributed by atoms with Gasteiger partial charge < -0.3 is 0 Å². The van der Waals surface area contributed by atoms with Gasteiger partial charge in [-0.25, -0.2) is 24.9 Å². The van der Waals surface area contributed by atoms with Gasteiger partial charge in [-0.1, -0.05) is 176 Å². The molecule has 0 amide bonds. The van der Waals surface area contributed by atoms with Crippen molar-refractivity contribution in [2.45, 2.75) is 13.8 Å². The fourth-order valence-corrected chi connectivity index (χ4v) is 9.49. The summed E-state index contributed by atoms with van der Waals surface area (Å²) in [5, 5.41) is 11.3. The monoisotopic (exact) mass is 843 g/mol. The normalized spacial score (nSPS) is 12.0. The van der Waals surface area contributed by atoms with Crippen LogP contribution in [0.3, 0.4) is 0 Å². The van der Waals surface area contributed by atoms with Crippen LogP contribution in [0.15, 0.2) is 206 Å². The summed E-state index contributed by atoms with van der Waals surface area (Å²) >= 11 is 0. The molecule has 310 valence electrons. The number of para-hydroxylation sites is 1. The number of aryl methyl sites for hydroxylation is 1. The third-order valence-corrected chi connectivity index (χ3v) is 12.7. The fourth-order valence-electron chi connectivity index (χ4n) is 9.49. The van der Waals surface area contributed by atoms with Crippen molar-refractivity contribution in [3.05, 3.63) is 218 Å². The molecule has 3 aromatic heterocycles. The van der Waals surface area contributed by atoms with Gasteiger partial charge in [-0.2, -0.15) is 0 Å². The first-order valence-corrected chi connectivity index (χ1v) is 22.4. The van der Waals surface area contributed by atoms with E-state index in [0.717, 1.165) is 104 Å². The maximum absolute atomic E-state index is 5.36. The van der Waals surface area contributed by atoms with Crippen molar-refractivity contribution in [3.63, 3.8) is 0 Å². The molecular formula is C61H41N5. The Hall–Kier alpha value is -8.67. The SMILES string of the molecule is C/C=C\C=C/c1nc2c(cc1C)c(-c1ccc(-c3cccc(-c4nc(-c5cc6ccccc6c6ccccc56)nc(-c5cc6ccccc6c6ccccc56)n4)c3)cc1)nc1ccccc12. The molecule has 0 saturated carbocycles. The van der Waals surface area contributed by atoms with E-state index in [1.54, 1.807) is 0 Å². The Morgan fingerprint density at radius 3 is 1.53 bits per heavy atom. The number of fused-ring (bicyclic) bond motifs is 9. The lowest BCUT2D eigenvalue weighted by molar-refractivity contribution is 1.08. The van der Waals surface area contributed by atoms with Gasteiger partial charge in [0.05, 0.1) is 22.4 Å². The van der Waals surface area contributed by atoms with Gasteiger partial charge in [0, 0.05) is 33.0 Å². The number of nitrogens with zero attached hydrogens (tertiary/aromatic N) is 5. The Balaban J connectivity index is 1.00. The van der Waals surface area contributed by atoms with Crippen LogP contribution in [-0.4, -0.2) is 24.9 Å². The van der Waals surface area contributed by atoms with Crippen molar-refractivity contribution < 1.29 is 0 Å². The maximum Gasteiger partial charge on any atom is 0.164 e. The lowest BCUT2D eigenvalue weighted by atomic mass is 9.96. The molecule has 0 aliphatic heterocycles. The molecule has 0 spiro atoms. The van der Waals surface area contributed by atoms with Crippen molar-refractivity contribution in [2.24, 2.45) is 0 Å². The fraction of sp³-hybridized carbons (Fsp3) is 0.0328. The van der Waals surface area contributed by atoms with E-state index in [2.05, 4.69) is 195 Å². The van der Waals surface area contributed by atoms with Crippen LogP contribution in [-0.2, 0) is 0 Å². The van der Waals surface area contributed by atoms with E-state index in [4.69, 9.17) is 24.9 Å². The largest absolute Gasteiger partial charge is 0.247 e. The summed E-state index contributed by atoms with van der Waals surface area (Å²) in [6, 6.07) is 66.3. The lowest BCUT2D eigenvalue weighted by Gasteiger charge is -2.14. The number of pyridine rings is 2. The van der Waals surface area contributed by atoms with Gasteiger partial charge in [-0.15, -0.1) is 0 Å². The highest BCUT2D eigenvalue weighted by molar-refractivity contribution is 6.15. The number of allylic oxidation sites excluding steroid dienone is 3. The van der Waals surface area contributed by atoms with Gasteiger partial charge in [0.1, 0.15) is 0 Å². The second-order valence-corrected chi connectivity index (χ2v) is 16.8. The van der Waals surface area contributed by atoms with E-state index in [-0.39, 0.29) is 0 Å². The molecule has 0 bridgehead atoms. The summed E-state index contributed by atoms with van der Waals surface area (Å²) in [6.07, 6.45) is 8.16. The minimum Gasteiger partial charge on any atom is -0.247 e. The molecule has 9 aromatic carbocycles. The molecule has 0 aliphatic carbocycles. The average molecular weight is 844 g/mol. The minimum atomic E-state index is 0.609. The summed E-state index contributed by atoms with van der Waals surface area (Å²) in [5.41, 5.74) is 10.8. The Morgan fingerprint density at radius 2 is 0.894 bits per heavy atom. The lowest BCUT2D eigenvalue weighted by Crippen LogP contribution is -2.01. The molecule has 0 aliphatic rings. The van der Waals surface area contributed by atoms with E-state index in [1.807, 2.05) is 31.2 Å². The summed E-state index contributed by atoms with van der Waals surface area (Å²) in [5.74, 6) is 1.87. The number of benzene rings is 9. The zero-order valence-electron chi connectivity index (χ0n) is 36.4. The molecule has 0 atom stereocenters. The Morgan fingerprint density at radius 1 is 0.364 bits per heavy atom. The minimum absolute atomic E-state index is 0.609. The predicted molar refractivity (Wildman–Crippen MR) is 276 cm³/mol. The molecule has 0 fully saturated rings. The van der Waals surface area contributed by atoms with Crippen LogP contribution in [0.5, 0.6) is 0 Å². The standard InChI is InChI=1S/C61H41N5/c1-3-4-5-28-55-38(2)34-54-57(63-56-29-15-14-27-51(56)58(54)62-55)40-32-30-39(31-33-40)41-19-16-20-44(35-41)59-64-60(52-36-42-17-6-8-21-45(42)47-23-10-12-25-49(47)52)66-61(65-59)53-37-43-18-7-9-22-46(43)48-24-11-13-26-50(48)53/h3-37H,1-2H3/b4-3-,28-5-. The van der Waals surface area contributed by atoms with Crippen LogP contribution in [0.2, 0.25) is 0 Å². The van der Waals surface area contributed by atoms with Crippen LogP contribution >= 0.6 is 0 Å².